The lowest BCUT2D eigenvalue weighted by Crippen LogP contribution is -2.50. The number of carbonyl (C=O) groups is 2. The quantitative estimate of drug-likeness (QED) is 0.875. The zero-order valence-electron chi connectivity index (χ0n) is 14.4. The number of hydrogen-bond donors (Lipinski definition) is 2. The van der Waals surface area contributed by atoms with E-state index < -0.39 is 0 Å². The Bertz CT molecular complexity index is 646. The van der Waals surface area contributed by atoms with Crippen molar-refractivity contribution in [2.45, 2.75) is 44.6 Å². The lowest BCUT2D eigenvalue weighted by atomic mass is 9.95. The molecular formula is C18H25N3O3. The Balaban J connectivity index is 1.69. The van der Waals surface area contributed by atoms with Crippen molar-refractivity contribution in [1.29, 1.82) is 0 Å². The monoisotopic (exact) mass is 331 g/mol. The van der Waals surface area contributed by atoms with Crippen LogP contribution in [0, 0.1) is 0 Å². The van der Waals surface area contributed by atoms with E-state index in [9.17, 15) is 9.59 Å². The summed E-state index contributed by atoms with van der Waals surface area (Å²) in [6.07, 6.45) is 4.11. The maximum absolute atomic E-state index is 12.5. The number of piperidine rings is 1. The number of anilines is 2. The lowest BCUT2D eigenvalue weighted by molar-refractivity contribution is -0.116. The molecular weight excluding hydrogens is 306 g/mol. The number of nitrogens with zero attached hydrogens (tertiary/aromatic N) is 1. The smallest absolute Gasteiger partial charge is 0.321 e. The molecule has 1 aromatic carbocycles. The highest BCUT2D eigenvalue weighted by Gasteiger charge is 2.33. The standard InChI is InChI=1S/C18H25N3O3/c1-18(24-2)9-4-10-21(12-18)17(23)19-14-7-8-15-13(11-14)5-3-6-16(22)20-15/h7-8,11H,3-6,9-10,12H2,1-2H3,(H,19,23)(H,20,22)/t18-/m1/s1. The first-order valence-corrected chi connectivity index (χ1v) is 8.53. The van der Waals surface area contributed by atoms with Crippen LogP contribution < -0.4 is 10.6 Å². The predicted molar refractivity (Wildman–Crippen MR) is 93.2 cm³/mol. The molecule has 0 aromatic heterocycles. The predicted octanol–water partition coefficient (Wildman–Crippen LogP) is 2.99. The molecule has 24 heavy (non-hydrogen) atoms. The summed E-state index contributed by atoms with van der Waals surface area (Å²) in [6.45, 7) is 3.37. The zero-order valence-corrected chi connectivity index (χ0v) is 14.4. The minimum Gasteiger partial charge on any atom is -0.377 e. The van der Waals surface area contributed by atoms with Gasteiger partial charge in [-0.2, -0.15) is 0 Å². The first-order valence-electron chi connectivity index (χ1n) is 8.53. The summed E-state index contributed by atoms with van der Waals surface area (Å²) in [5, 5.41) is 5.88. The lowest BCUT2D eigenvalue weighted by Gasteiger charge is -2.39. The summed E-state index contributed by atoms with van der Waals surface area (Å²) < 4.78 is 5.55. The number of urea groups is 1. The number of nitrogens with one attached hydrogen (secondary N) is 2. The molecule has 3 rings (SSSR count). The number of ether oxygens (including phenoxy) is 1. The van der Waals surface area contributed by atoms with Gasteiger partial charge in [-0.15, -0.1) is 0 Å². The van der Waals surface area contributed by atoms with Crippen molar-refractivity contribution in [2.24, 2.45) is 0 Å². The summed E-state index contributed by atoms with van der Waals surface area (Å²) in [4.78, 5) is 26.0. The Kier molecular flexibility index (Phi) is 4.76. The molecule has 0 unspecified atom stereocenters. The number of benzene rings is 1. The van der Waals surface area contributed by atoms with Gasteiger partial charge in [0.15, 0.2) is 0 Å². The second-order valence-electron chi connectivity index (χ2n) is 6.88. The molecule has 130 valence electrons. The van der Waals surface area contributed by atoms with Gasteiger partial charge in [-0.05, 0) is 56.4 Å². The van der Waals surface area contributed by atoms with E-state index in [0.29, 0.717) is 13.0 Å². The van der Waals surface area contributed by atoms with E-state index in [2.05, 4.69) is 10.6 Å². The fourth-order valence-corrected chi connectivity index (χ4v) is 3.40. The number of likely N-dealkylation sites (tertiary alicyclic amines) is 1. The van der Waals surface area contributed by atoms with Gasteiger partial charge >= 0.3 is 6.03 Å². The van der Waals surface area contributed by atoms with E-state index in [0.717, 1.165) is 49.2 Å². The summed E-state index contributed by atoms with van der Waals surface area (Å²) in [6, 6.07) is 5.56. The topological polar surface area (TPSA) is 70.7 Å². The van der Waals surface area contributed by atoms with Gasteiger partial charge in [-0.1, -0.05) is 0 Å². The van der Waals surface area contributed by atoms with Gasteiger partial charge in [-0.25, -0.2) is 4.79 Å². The molecule has 2 aliphatic heterocycles. The number of fused-ring (bicyclic) bond motifs is 1. The van der Waals surface area contributed by atoms with Crippen LogP contribution in [0.3, 0.4) is 0 Å². The van der Waals surface area contributed by atoms with Crippen LogP contribution in [0.1, 0.15) is 38.2 Å². The minimum atomic E-state index is -0.270. The molecule has 0 saturated carbocycles. The third-order valence-electron chi connectivity index (χ3n) is 4.92. The molecule has 0 spiro atoms. The average Bonchev–Trinajstić information content (AvgIpc) is 2.75. The highest BCUT2D eigenvalue weighted by molar-refractivity contribution is 5.94. The maximum atomic E-state index is 12.5. The van der Waals surface area contributed by atoms with Crippen molar-refractivity contribution >= 4 is 23.3 Å². The Hall–Kier alpha value is -2.08. The molecule has 2 N–H and O–H groups in total. The third-order valence-corrected chi connectivity index (χ3v) is 4.92. The number of methoxy groups -OCH3 is 1. The molecule has 0 aliphatic carbocycles. The van der Waals surface area contributed by atoms with Gasteiger partial charge in [0.1, 0.15) is 0 Å². The van der Waals surface area contributed by atoms with Gasteiger partial charge in [0.05, 0.1) is 12.1 Å². The third kappa shape index (κ3) is 3.70. The van der Waals surface area contributed by atoms with Crippen molar-refractivity contribution in [3.8, 4) is 0 Å². The van der Waals surface area contributed by atoms with Crippen molar-refractivity contribution in [3.05, 3.63) is 23.8 Å². The molecule has 0 radical (unpaired) electrons. The first kappa shape index (κ1) is 16.8. The summed E-state index contributed by atoms with van der Waals surface area (Å²) in [7, 11) is 1.70. The molecule has 1 fully saturated rings. The Morgan fingerprint density at radius 1 is 1.33 bits per heavy atom. The summed E-state index contributed by atoms with van der Waals surface area (Å²) >= 11 is 0. The van der Waals surface area contributed by atoms with Gasteiger partial charge in [0, 0.05) is 31.5 Å². The Morgan fingerprint density at radius 2 is 2.17 bits per heavy atom. The summed E-state index contributed by atoms with van der Waals surface area (Å²) in [5.41, 5.74) is 2.41. The second kappa shape index (κ2) is 6.81. The van der Waals surface area contributed by atoms with Gasteiger partial charge in [-0.3, -0.25) is 4.79 Å². The second-order valence-corrected chi connectivity index (χ2v) is 6.88. The van der Waals surface area contributed by atoms with Gasteiger partial charge in [0.2, 0.25) is 5.91 Å². The van der Waals surface area contributed by atoms with Gasteiger partial charge < -0.3 is 20.3 Å². The largest absolute Gasteiger partial charge is 0.377 e. The van der Waals surface area contributed by atoms with E-state index in [-0.39, 0.29) is 17.5 Å². The first-order chi connectivity index (χ1) is 11.5. The van der Waals surface area contributed by atoms with Crippen LogP contribution in [0.2, 0.25) is 0 Å². The molecule has 1 aromatic rings. The molecule has 2 aliphatic rings. The number of hydrogen-bond acceptors (Lipinski definition) is 3. The molecule has 2 heterocycles. The minimum absolute atomic E-state index is 0.0534. The van der Waals surface area contributed by atoms with Crippen molar-refractivity contribution in [3.63, 3.8) is 0 Å². The van der Waals surface area contributed by atoms with Crippen LogP contribution in [0.15, 0.2) is 18.2 Å². The van der Waals surface area contributed by atoms with E-state index in [1.54, 1.807) is 12.0 Å². The number of rotatable bonds is 2. The molecule has 0 bridgehead atoms. The van der Waals surface area contributed by atoms with Crippen molar-refractivity contribution in [2.75, 3.05) is 30.8 Å². The fraction of sp³-hybridized carbons (Fsp3) is 0.556. The van der Waals surface area contributed by atoms with Crippen LogP contribution in [0.4, 0.5) is 16.2 Å². The van der Waals surface area contributed by atoms with Crippen LogP contribution in [-0.4, -0.2) is 42.6 Å². The Morgan fingerprint density at radius 3 is 2.96 bits per heavy atom. The molecule has 6 heteroatoms. The van der Waals surface area contributed by atoms with E-state index in [1.165, 1.54) is 0 Å². The molecule has 6 nitrogen and oxygen atoms in total. The van der Waals surface area contributed by atoms with Crippen molar-refractivity contribution < 1.29 is 14.3 Å². The van der Waals surface area contributed by atoms with Crippen LogP contribution in [-0.2, 0) is 16.0 Å². The van der Waals surface area contributed by atoms with Gasteiger partial charge in [0.25, 0.3) is 0 Å². The summed E-state index contributed by atoms with van der Waals surface area (Å²) in [5.74, 6) is 0.0534. The van der Waals surface area contributed by atoms with Crippen LogP contribution >= 0.6 is 0 Å². The normalized spacial score (nSPS) is 23.9. The zero-order chi connectivity index (χ0) is 17.2. The van der Waals surface area contributed by atoms with Crippen LogP contribution in [0.5, 0.6) is 0 Å². The number of amides is 3. The highest BCUT2D eigenvalue weighted by Crippen LogP contribution is 2.27. The number of carbonyl (C=O) groups excluding carboxylic acids is 2. The van der Waals surface area contributed by atoms with Crippen LogP contribution in [0.25, 0.3) is 0 Å². The fourth-order valence-electron chi connectivity index (χ4n) is 3.40. The molecule has 3 amide bonds. The average molecular weight is 331 g/mol. The van der Waals surface area contributed by atoms with E-state index >= 15 is 0 Å². The SMILES string of the molecule is CO[C@]1(C)CCCN(C(=O)Nc2ccc3c(c2)CCCC(=O)N3)C1. The Labute approximate surface area is 142 Å². The number of aryl methyl sites for hydroxylation is 1. The molecule has 1 atom stereocenters. The van der Waals surface area contributed by atoms with Crippen molar-refractivity contribution in [1.82, 2.24) is 4.90 Å². The van der Waals surface area contributed by atoms with E-state index in [1.807, 2.05) is 25.1 Å². The van der Waals surface area contributed by atoms with E-state index in [4.69, 9.17) is 4.74 Å². The molecule has 1 saturated heterocycles. The maximum Gasteiger partial charge on any atom is 0.321 e. The highest BCUT2D eigenvalue weighted by atomic mass is 16.5.